The topological polar surface area (TPSA) is 84.1 Å². The van der Waals surface area contributed by atoms with Gasteiger partial charge in [-0.05, 0) is 42.7 Å². The Balaban J connectivity index is 1.40. The molecule has 0 spiro atoms. The largest absolute Gasteiger partial charge is 0.368 e. The smallest absolute Gasteiger partial charge is 0.274 e. The molecule has 1 aromatic carbocycles. The standard InChI is InChI=1S/C25H24FN5OS/c1-15-10-16(27)14-31(13-15)22-8-9-28-12-21(22)30-25(32)19-6-7-23-20(29-19)11-24(33-23)17-4-2-3-5-18(17)26/h2-9,11-12,15-16H,10,13-14,27H2,1H3,(H,30,32). The monoisotopic (exact) mass is 461 g/mol. The van der Waals surface area contributed by atoms with E-state index in [1.165, 1.54) is 17.4 Å². The fourth-order valence-electron chi connectivity index (χ4n) is 4.39. The number of halogens is 1. The predicted molar refractivity (Wildman–Crippen MR) is 131 cm³/mol. The van der Waals surface area contributed by atoms with Gasteiger partial charge in [0.25, 0.3) is 5.91 Å². The van der Waals surface area contributed by atoms with E-state index < -0.39 is 0 Å². The van der Waals surface area contributed by atoms with Gasteiger partial charge in [-0.25, -0.2) is 9.37 Å². The number of amides is 1. The van der Waals surface area contributed by atoms with E-state index in [0.717, 1.165) is 34.8 Å². The third-order valence-electron chi connectivity index (χ3n) is 5.82. The molecule has 168 valence electrons. The second kappa shape index (κ2) is 8.88. The third-order valence-corrected chi connectivity index (χ3v) is 6.95. The molecule has 8 heteroatoms. The van der Waals surface area contributed by atoms with Crippen molar-refractivity contribution in [2.45, 2.75) is 19.4 Å². The predicted octanol–water partition coefficient (Wildman–Crippen LogP) is 4.92. The number of hydrogen-bond acceptors (Lipinski definition) is 6. The SMILES string of the molecule is CC1CC(N)CN(c2ccncc2NC(=O)c2ccc3sc(-c4ccccc4F)cc3n2)C1. The first-order chi connectivity index (χ1) is 16.0. The molecular weight excluding hydrogens is 437 g/mol. The molecule has 1 aliphatic heterocycles. The number of nitrogens with one attached hydrogen (secondary N) is 1. The van der Waals surface area contributed by atoms with E-state index in [0.29, 0.717) is 28.4 Å². The Morgan fingerprint density at radius 1 is 1.21 bits per heavy atom. The number of thiophene rings is 1. The Labute approximate surface area is 195 Å². The molecule has 3 N–H and O–H groups in total. The van der Waals surface area contributed by atoms with Crippen LogP contribution in [0.3, 0.4) is 0 Å². The van der Waals surface area contributed by atoms with Crippen molar-refractivity contribution >= 4 is 38.8 Å². The highest BCUT2D eigenvalue weighted by atomic mass is 32.1. The maximum Gasteiger partial charge on any atom is 0.274 e. The summed E-state index contributed by atoms with van der Waals surface area (Å²) in [7, 11) is 0. The second-order valence-electron chi connectivity index (χ2n) is 8.52. The van der Waals surface area contributed by atoms with Crippen LogP contribution in [0.15, 0.2) is 60.9 Å². The van der Waals surface area contributed by atoms with Gasteiger partial charge in [-0.2, -0.15) is 0 Å². The van der Waals surface area contributed by atoms with Crippen LogP contribution in [0.4, 0.5) is 15.8 Å². The molecule has 0 saturated carbocycles. The Hall–Kier alpha value is -3.36. The molecule has 3 aromatic heterocycles. The number of nitrogens with zero attached hydrogens (tertiary/aromatic N) is 3. The van der Waals surface area contributed by atoms with Crippen LogP contribution in [-0.4, -0.2) is 35.0 Å². The summed E-state index contributed by atoms with van der Waals surface area (Å²) in [5.74, 6) is -0.131. The lowest BCUT2D eigenvalue weighted by Crippen LogP contribution is -2.46. The minimum absolute atomic E-state index is 0.0942. The van der Waals surface area contributed by atoms with Crippen molar-refractivity contribution in [3.63, 3.8) is 0 Å². The van der Waals surface area contributed by atoms with Crippen molar-refractivity contribution in [3.05, 3.63) is 72.4 Å². The van der Waals surface area contributed by atoms with Crippen molar-refractivity contribution < 1.29 is 9.18 Å². The molecule has 1 fully saturated rings. The van der Waals surface area contributed by atoms with Crippen LogP contribution < -0.4 is 16.0 Å². The van der Waals surface area contributed by atoms with Crippen LogP contribution in [0.25, 0.3) is 20.7 Å². The number of nitrogens with two attached hydrogens (primary N) is 1. The molecule has 2 unspecified atom stereocenters. The summed E-state index contributed by atoms with van der Waals surface area (Å²) in [4.78, 5) is 24.8. The summed E-state index contributed by atoms with van der Waals surface area (Å²) >= 11 is 1.45. The number of aromatic nitrogens is 2. The number of pyridine rings is 2. The summed E-state index contributed by atoms with van der Waals surface area (Å²) in [6, 6.07) is 14.0. The molecule has 0 radical (unpaired) electrons. The highest BCUT2D eigenvalue weighted by Crippen LogP contribution is 2.34. The number of rotatable bonds is 4. The summed E-state index contributed by atoms with van der Waals surface area (Å²) in [5.41, 5.74) is 9.23. The molecule has 0 aliphatic carbocycles. The van der Waals surface area contributed by atoms with Crippen molar-refractivity contribution in [3.8, 4) is 10.4 Å². The van der Waals surface area contributed by atoms with Crippen LogP contribution in [0.5, 0.6) is 0 Å². The van der Waals surface area contributed by atoms with Crippen LogP contribution in [0.1, 0.15) is 23.8 Å². The van der Waals surface area contributed by atoms with Gasteiger partial charge >= 0.3 is 0 Å². The average molecular weight is 462 g/mol. The second-order valence-corrected chi connectivity index (χ2v) is 9.61. The van der Waals surface area contributed by atoms with E-state index in [-0.39, 0.29) is 17.8 Å². The maximum atomic E-state index is 14.2. The fraction of sp³-hybridized carbons (Fsp3) is 0.240. The number of anilines is 2. The lowest BCUT2D eigenvalue weighted by molar-refractivity contribution is 0.102. The molecule has 0 bridgehead atoms. The Kier molecular flexibility index (Phi) is 5.78. The first kappa shape index (κ1) is 21.5. The number of fused-ring (bicyclic) bond motifs is 1. The zero-order valence-corrected chi connectivity index (χ0v) is 19.0. The lowest BCUT2D eigenvalue weighted by Gasteiger charge is -2.37. The number of carbonyl (C=O) groups is 1. The van der Waals surface area contributed by atoms with Crippen LogP contribution in [-0.2, 0) is 0 Å². The molecule has 2 atom stereocenters. The fourth-order valence-corrected chi connectivity index (χ4v) is 5.41. The minimum atomic E-state index is -0.320. The Morgan fingerprint density at radius 3 is 2.88 bits per heavy atom. The van der Waals surface area contributed by atoms with E-state index in [9.17, 15) is 9.18 Å². The molecular formula is C25H24FN5OS. The molecule has 5 rings (SSSR count). The van der Waals surface area contributed by atoms with Crippen LogP contribution >= 0.6 is 11.3 Å². The highest BCUT2D eigenvalue weighted by Gasteiger charge is 2.24. The van der Waals surface area contributed by atoms with E-state index in [4.69, 9.17) is 5.73 Å². The van der Waals surface area contributed by atoms with Gasteiger partial charge in [0.2, 0.25) is 0 Å². The molecule has 33 heavy (non-hydrogen) atoms. The zero-order chi connectivity index (χ0) is 22.9. The molecule has 6 nitrogen and oxygen atoms in total. The van der Waals surface area contributed by atoms with Gasteiger partial charge < -0.3 is 16.0 Å². The van der Waals surface area contributed by atoms with Gasteiger partial charge in [-0.3, -0.25) is 9.78 Å². The normalized spacial score (nSPS) is 18.5. The first-order valence-corrected chi connectivity index (χ1v) is 11.7. The molecule has 4 heterocycles. The van der Waals surface area contributed by atoms with Gasteiger partial charge in [-0.1, -0.05) is 25.1 Å². The maximum absolute atomic E-state index is 14.2. The number of piperidine rings is 1. The zero-order valence-electron chi connectivity index (χ0n) is 18.2. The van der Waals surface area contributed by atoms with Gasteiger partial charge in [0.05, 0.1) is 27.8 Å². The summed E-state index contributed by atoms with van der Waals surface area (Å²) in [6.07, 6.45) is 4.36. The van der Waals surface area contributed by atoms with E-state index in [1.807, 2.05) is 18.2 Å². The highest BCUT2D eigenvalue weighted by molar-refractivity contribution is 7.22. The first-order valence-electron chi connectivity index (χ1n) is 10.9. The molecule has 1 amide bonds. The Morgan fingerprint density at radius 2 is 2.06 bits per heavy atom. The van der Waals surface area contributed by atoms with Crippen molar-refractivity contribution in [2.75, 3.05) is 23.3 Å². The van der Waals surface area contributed by atoms with Crippen LogP contribution in [0.2, 0.25) is 0 Å². The summed E-state index contributed by atoms with van der Waals surface area (Å²) in [5, 5.41) is 2.96. The summed E-state index contributed by atoms with van der Waals surface area (Å²) < 4.78 is 15.1. The number of carbonyl (C=O) groups excluding carboxylic acids is 1. The lowest BCUT2D eigenvalue weighted by atomic mass is 9.96. The van der Waals surface area contributed by atoms with Gasteiger partial charge in [0.15, 0.2) is 0 Å². The van der Waals surface area contributed by atoms with E-state index in [1.54, 1.807) is 36.7 Å². The molecule has 4 aromatic rings. The number of hydrogen-bond donors (Lipinski definition) is 2. The van der Waals surface area contributed by atoms with Gasteiger partial charge in [0.1, 0.15) is 11.5 Å². The minimum Gasteiger partial charge on any atom is -0.368 e. The quantitative estimate of drug-likeness (QED) is 0.451. The van der Waals surface area contributed by atoms with Gasteiger partial charge in [0, 0.05) is 35.8 Å². The number of benzene rings is 1. The Bertz CT molecular complexity index is 1310. The molecule has 1 aliphatic rings. The summed E-state index contributed by atoms with van der Waals surface area (Å²) in [6.45, 7) is 3.79. The van der Waals surface area contributed by atoms with Crippen molar-refractivity contribution in [1.82, 2.24) is 9.97 Å². The van der Waals surface area contributed by atoms with E-state index in [2.05, 4.69) is 27.1 Å². The van der Waals surface area contributed by atoms with Gasteiger partial charge in [-0.15, -0.1) is 11.3 Å². The van der Waals surface area contributed by atoms with E-state index >= 15 is 0 Å². The van der Waals surface area contributed by atoms with Crippen molar-refractivity contribution in [1.29, 1.82) is 0 Å². The average Bonchev–Trinajstić information content (AvgIpc) is 3.22. The van der Waals surface area contributed by atoms with Crippen LogP contribution in [0, 0.1) is 11.7 Å². The third kappa shape index (κ3) is 4.44. The van der Waals surface area contributed by atoms with Crippen molar-refractivity contribution in [2.24, 2.45) is 11.7 Å². The molecule has 1 saturated heterocycles.